The minimum absolute atomic E-state index is 0.517. The van der Waals surface area contributed by atoms with Crippen LogP contribution in [0.4, 0.5) is 0 Å². The molecule has 0 radical (unpaired) electrons. The van der Waals surface area contributed by atoms with E-state index in [4.69, 9.17) is 0 Å². The molecule has 0 saturated carbocycles. The molecule has 1 heterocycles. The van der Waals surface area contributed by atoms with Crippen molar-refractivity contribution in [1.29, 1.82) is 0 Å². The first kappa shape index (κ1) is 14.3. The zero-order chi connectivity index (χ0) is 12.7. The molecule has 17 heavy (non-hydrogen) atoms. The predicted molar refractivity (Wildman–Crippen MR) is 75.2 cm³/mol. The molecule has 0 spiro atoms. The summed E-state index contributed by atoms with van der Waals surface area (Å²) in [6.07, 6.45) is 9.53. The molecule has 0 saturated heterocycles. The third-order valence-corrected chi connectivity index (χ3v) is 3.73. The molecule has 0 fully saturated rings. The molecule has 1 atom stereocenters. The summed E-state index contributed by atoms with van der Waals surface area (Å²) < 4.78 is 2.35. The fourth-order valence-electron chi connectivity index (χ4n) is 2.39. The van der Waals surface area contributed by atoms with Gasteiger partial charge in [0.05, 0.1) is 0 Å². The number of rotatable bonds is 8. The topological polar surface area (TPSA) is 17.0 Å². The number of aromatic nitrogens is 1. The lowest BCUT2D eigenvalue weighted by Crippen LogP contribution is -2.15. The molecule has 0 bridgehead atoms. The summed E-state index contributed by atoms with van der Waals surface area (Å²) in [5, 5.41) is 3.40. The molecule has 98 valence electrons. The molecule has 1 aromatic heterocycles. The molecule has 0 amide bonds. The van der Waals surface area contributed by atoms with Crippen LogP contribution in [0.15, 0.2) is 18.5 Å². The third kappa shape index (κ3) is 4.19. The first-order chi connectivity index (χ1) is 8.24. The number of hydrogen-bond donors (Lipinski definition) is 1. The minimum atomic E-state index is 0.517. The van der Waals surface area contributed by atoms with Crippen LogP contribution in [0.3, 0.4) is 0 Å². The van der Waals surface area contributed by atoms with Crippen molar-refractivity contribution in [3.63, 3.8) is 0 Å². The third-order valence-electron chi connectivity index (χ3n) is 3.73. The number of hydrogen-bond acceptors (Lipinski definition) is 1. The molecule has 1 unspecified atom stereocenters. The molecule has 0 aromatic carbocycles. The summed E-state index contributed by atoms with van der Waals surface area (Å²) >= 11 is 0. The highest BCUT2D eigenvalue weighted by molar-refractivity contribution is 5.15. The monoisotopic (exact) mass is 236 g/mol. The summed E-state index contributed by atoms with van der Waals surface area (Å²) in [5.41, 5.74) is 1.43. The molecular weight excluding hydrogens is 208 g/mol. The normalized spacial score (nSPS) is 13.2. The van der Waals surface area contributed by atoms with Gasteiger partial charge < -0.3 is 9.88 Å². The van der Waals surface area contributed by atoms with Crippen LogP contribution in [0, 0.1) is 5.92 Å². The van der Waals surface area contributed by atoms with Crippen molar-refractivity contribution in [1.82, 2.24) is 9.88 Å². The van der Waals surface area contributed by atoms with E-state index >= 15 is 0 Å². The van der Waals surface area contributed by atoms with Gasteiger partial charge in [-0.3, -0.25) is 0 Å². The van der Waals surface area contributed by atoms with E-state index in [0.717, 1.165) is 12.5 Å². The summed E-state index contributed by atoms with van der Waals surface area (Å²) in [6, 6.07) is 2.78. The molecule has 2 nitrogen and oxygen atoms in total. The smallest absolute Gasteiger partial charge is 0.0332 e. The SMILES string of the molecule is CCCC(NC)c1ccn(CC(CC)CC)c1. The van der Waals surface area contributed by atoms with Crippen LogP contribution in [0.25, 0.3) is 0 Å². The molecule has 1 rings (SSSR count). The quantitative estimate of drug-likeness (QED) is 0.722. The van der Waals surface area contributed by atoms with Crippen LogP contribution in [0.1, 0.15) is 58.1 Å². The minimum Gasteiger partial charge on any atom is -0.354 e. The Kier molecular flexibility index (Phi) is 6.35. The van der Waals surface area contributed by atoms with E-state index in [1.807, 2.05) is 0 Å². The second-order valence-corrected chi connectivity index (χ2v) is 4.95. The largest absolute Gasteiger partial charge is 0.354 e. The van der Waals surface area contributed by atoms with Crippen molar-refractivity contribution in [3.05, 3.63) is 24.0 Å². The van der Waals surface area contributed by atoms with Crippen LogP contribution < -0.4 is 5.32 Å². The van der Waals surface area contributed by atoms with Crippen LogP contribution in [0.5, 0.6) is 0 Å². The Labute approximate surface area is 106 Å². The van der Waals surface area contributed by atoms with Gasteiger partial charge in [-0.25, -0.2) is 0 Å². The van der Waals surface area contributed by atoms with Crippen molar-refractivity contribution >= 4 is 0 Å². The number of nitrogens with zero attached hydrogens (tertiary/aromatic N) is 1. The molecule has 0 aliphatic rings. The maximum absolute atomic E-state index is 3.40. The summed E-state index contributed by atoms with van der Waals surface area (Å²) in [6.45, 7) is 7.97. The number of nitrogens with one attached hydrogen (secondary N) is 1. The molecular formula is C15H28N2. The van der Waals surface area contributed by atoms with E-state index in [-0.39, 0.29) is 0 Å². The Balaban J connectivity index is 2.63. The van der Waals surface area contributed by atoms with Crippen molar-refractivity contribution in [2.24, 2.45) is 5.92 Å². The summed E-state index contributed by atoms with van der Waals surface area (Å²) in [7, 11) is 2.05. The Hall–Kier alpha value is -0.760. The second-order valence-electron chi connectivity index (χ2n) is 4.95. The Bertz CT molecular complexity index is 300. The fraction of sp³-hybridized carbons (Fsp3) is 0.733. The Morgan fingerprint density at radius 1 is 1.24 bits per heavy atom. The van der Waals surface area contributed by atoms with E-state index < -0.39 is 0 Å². The highest BCUT2D eigenvalue weighted by Crippen LogP contribution is 2.19. The zero-order valence-electron chi connectivity index (χ0n) is 11.9. The molecule has 2 heteroatoms. The van der Waals surface area contributed by atoms with Crippen molar-refractivity contribution in [2.45, 2.75) is 59.0 Å². The average molecular weight is 236 g/mol. The average Bonchev–Trinajstić information content (AvgIpc) is 2.81. The van der Waals surface area contributed by atoms with Gasteiger partial charge in [-0.15, -0.1) is 0 Å². The van der Waals surface area contributed by atoms with E-state index in [2.05, 4.69) is 56.2 Å². The predicted octanol–water partition coefficient (Wildman–Crippen LogP) is 3.98. The van der Waals surface area contributed by atoms with Crippen LogP contribution in [0.2, 0.25) is 0 Å². The van der Waals surface area contributed by atoms with Gasteiger partial charge in [0.15, 0.2) is 0 Å². The van der Waals surface area contributed by atoms with Crippen LogP contribution in [-0.4, -0.2) is 11.6 Å². The maximum atomic E-state index is 3.40. The molecule has 1 aromatic rings. The highest BCUT2D eigenvalue weighted by atomic mass is 15.0. The lowest BCUT2D eigenvalue weighted by atomic mass is 10.0. The maximum Gasteiger partial charge on any atom is 0.0332 e. The van der Waals surface area contributed by atoms with E-state index in [9.17, 15) is 0 Å². The summed E-state index contributed by atoms with van der Waals surface area (Å²) in [4.78, 5) is 0. The second kappa shape index (κ2) is 7.54. The standard InChI is InChI=1S/C15H28N2/c1-5-8-15(16-4)14-9-10-17(12-14)11-13(6-2)7-3/h9-10,12-13,15-16H,5-8,11H2,1-4H3. The molecule has 0 aliphatic carbocycles. The van der Waals surface area contributed by atoms with Crippen molar-refractivity contribution in [3.8, 4) is 0 Å². The van der Waals surface area contributed by atoms with Gasteiger partial charge in [-0.05, 0) is 31.0 Å². The summed E-state index contributed by atoms with van der Waals surface area (Å²) in [5.74, 6) is 0.814. The van der Waals surface area contributed by atoms with Crippen molar-refractivity contribution < 1.29 is 0 Å². The van der Waals surface area contributed by atoms with E-state index in [1.54, 1.807) is 0 Å². The first-order valence-electron chi connectivity index (χ1n) is 7.07. The fourth-order valence-corrected chi connectivity index (χ4v) is 2.39. The van der Waals surface area contributed by atoms with E-state index in [0.29, 0.717) is 6.04 Å². The lowest BCUT2D eigenvalue weighted by Gasteiger charge is -2.15. The van der Waals surface area contributed by atoms with Crippen LogP contribution in [-0.2, 0) is 6.54 Å². The van der Waals surface area contributed by atoms with Gasteiger partial charge >= 0.3 is 0 Å². The van der Waals surface area contributed by atoms with Gasteiger partial charge in [0.25, 0.3) is 0 Å². The highest BCUT2D eigenvalue weighted by Gasteiger charge is 2.10. The lowest BCUT2D eigenvalue weighted by molar-refractivity contribution is 0.418. The van der Waals surface area contributed by atoms with Gasteiger partial charge in [0.2, 0.25) is 0 Å². The van der Waals surface area contributed by atoms with Crippen LogP contribution >= 0.6 is 0 Å². The van der Waals surface area contributed by atoms with Gasteiger partial charge in [0.1, 0.15) is 0 Å². The van der Waals surface area contributed by atoms with Gasteiger partial charge in [0, 0.05) is 25.0 Å². The Morgan fingerprint density at radius 3 is 2.47 bits per heavy atom. The molecule has 0 aliphatic heterocycles. The zero-order valence-corrected chi connectivity index (χ0v) is 11.9. The Morgan fingerprint density at radius 2 is 1.94 bits per heavy atom. The first-order valence-corrected chi connectivity index (χ1v) is 7.07. The van der Waals surface area contributed by atoms with Crippen molar-refractivity contribution in [2.75, 3.05) is 7.05 Å². The van der Waals surface area contributed by atoms with Gasteiger partial charge in [-0.2, -0.15) is 0 Å². The molecule has 1 N–H and O–H groups in total. The van der Waals surface area contributed by atoms with E-state index in [1.165, 1.54) is 31.2 Å². The van der Waals surface area contributed by atoms with Gasteiger partial charge in [-0.1, -0.05) is 40.0 Å².